The van der Waals surface area contributed by atoms with Gasteiger partial charge in [-0.15, -0.1) is 0 Å². The van der Waals surface area contributed by atoms with Gasteiger partial charge in [-0.05, 0) is 50.4 Å². The third-order valence-corrected chi connectivity index (χ3v) is 5.99. The van der Waals surface area contributed by atoms with Gasteiger partial charge in [0.15, 0.2) is 6.10 Å². The predicted molar refractivity (Wildman–Crippen MR) is 121 cm³/mol. The van der Waals surface area contributed by atoms with Crippen LogP contribution in [0.15, 0.2) is 24.3 Å². The van der Waals surface area contributed by atoms with Gasteiger partial charge in [-0.1, -0.05) is 50.5 Å². The molecular formula is C24H39NO7. The standard InChI is InChI=1S/C24H39NO7/c1-4-5-6-7-8-10-13-20-19(17-25(29)30)16-22(27)21(20)14-11-9-12-15-23(24(28)31-3)32-18(2)26/h9-11,13,19-23,27H,4-8,12,14-17H2,1-3H3/b11-9-,13-10+/t19-,20-,21+,22+,23?/m0/s1. The van der Waals surface area contributed by atoms with E-state index in [1.807, 2.05) is 12.2 Å². The Morgan fingerprint density at radius 1 is 1.19 bits per heavy atom. The van der Waals surface area contributed by atoms with Crippen molar-refractivity contribution >= 4 is 11.9 Å². The second-order valence-corrected chi connectivity index (χ2v) is 8.50. The predicted octanol–water partition coefficient (Wildman–Crippen LogP) is 4.23. The van der Waals surface area contributed by atoms with Crippen LogP contribution in [0, 0.1) is 27.9 Å². The van der Waals surface area contributed by atoms with E-state index in [1.54, 1.807) is 0 Å². The summed E-state index contributed by atoms with van der Waals surface area (Å²) in [5.41, 5.74) is 0. The number of hydrogen-bond donors (Lipinski definition) is 1. The molecule has 1 aliphatic rings. The number of aliphatic hydroxyl groups excluding tert-OH is 1. The zero-order valence-corrected chi connectivity index (χ0v) is 19.6. The van der Waals surface area contributed by atoms with E-state index in [2.05, 4.69) is 23.8 Å². The van der Waals surface area contributed by atoms with Crippen LogP contribution < -0.4 is 0 Å². The van der Waals surface area contributed by atoms with Crippen LogP contribution in [0.25, 0.3) is 0 Å². The lowest BCUT2D eigenvalue weighted by Crippen LogP contribution is -2.27. The number of nitrogens with zero attached hydrogens (tertiary/aromatic N) is 1. The summed E-state index contributed by atoms with van der Waals surface area (Å²) in [6.07, 6.45) is 14.0. The largest absolute Gasteiger partial charge is 0.466 e. The number of ether oxygens (including phenoxy) is 2. The van der Waals surface area contributed by atoms with Gasteiger partial charge in [0, 0.05) is 17.8 Å². The van der Waals surface area contributed by atoms with Gasteiger partial charge in [-0.3, -0.25) is 14.9 Å². The molecule has 0 aromatic rings. The number of aliphatic hydroxyl groups is 1. The first-order valence-corrected chi connectivity index (χ1v) is 11.7. The van der Waals surface area contributed by atoms with E-state index in [-0.39, 0.29) is 29.2 Å². The molecule has 1 saturated carbocycles. The van der Waals surface area contributed by atoms with Crippen LogP contribution in [0.1, 0.15) is 71.6 Å². The Morgan fingerprint density at radius 3 is 2.56 bits per heavy atom. The van der Waals surface area contributed by atoms with Crippen LogP contribution in [-0.2, 0) is 19.1 Å². The minimum absolute atomic E-state index is 0.0323. The lowest BCUT2D eigenvalue weighted by molar-refractivity contribution is -0.489. The average Bonchev–Trinajstić information content (AvgIpc) is 3.02. The molecular weight excluding hydrogens is 414 g/mol. The van der Waals surface area contributed by atoms with Crippen LogP contribution in [0.2, 0.25) is 0 Å². The van der Waals surface area contributed by atoms with Crippen molar-refractivity contribution in [2.75, 3.05) is 13.7 Å². The zero-order valence-electron chi connectivity index (χ0n) is 19.6. The SMILES string of the molecule is CCCCCC/C=C/[C@H]1[C@H](C[N+](=O)[O-])C[C@@H](O)[C@@H]1C/C=C\CCC(OC(C)=O)C(=O)OC. The molecule has 1 rings (SSSR count). The molecule has 0 heterocycles. The number of nitro groups is 1. The number of esters is 2. The van der Waals surface area contributed by atoms with E-state index >= 15 is 0 Å². The summed E-state index contributed by atoms with van der Waals surface area (Å²) in [4.78, 5) is 33.6. The number of carbonyl (C=O) groups is 2. The summed E-state index contributed by atoms with van der Waals surface area (Å²) in [6, 6.07) is 0. The summed E-state index contributed by atoms with van der Waals surface area (Å²) in [6.45, 7) is 3.28. The quantitative estimate of drug-likeness (QED) is 0.130. The molecule has 0 saturated heterocycles. The molecule has 0 aliphatic heterocycles. The first-order valence-electron chi connectivity index (χ1n) is 11.7. The smallest absolute Gasteiger partial charge is 0.347 e. The van der Waals surface area contributed by atoms with Crippen LogP contribution >= 0.6 is 0 Å². The van der Waals surface area contributed by atoms with E-state index in [4.69, 9.17) is 4.74 Å². The van der Waals surface area contributed by atoms with Gasteiger partial charge in [-0.2, -0.15) is 0 Å². The van der Waals surface area contributed by atoms with Gasteiger partial charge in [-0.25, -0.2) is 4.79 Å². The molecule has 5 atom stereocenters. The van der Waals surface area contributed by atoms with Gasteiger partial charge in [0.25, 0.3) is 0 Å². The Kier molecular flexibility index (Phi) is 13.5. The number of unbranched alkanes of at least 4 members (excludes halogenated alkanes) is 4. The molecule has 0 aromatic heterocycles. The number of carbonyl (C=O) groups excluding carboxylic acids is 2. The number of rotatable bonds is 15. The molecule has 182 valence electrons. The lowest BCUT2D eigenvalue weighted by Gasteiger charge is -2.20. The summed E-state index contributed by atoms with van der Waals surface area (Å²) >= 11 is 0. The third-order valence-electron chi connectivity index (χ3n) is 5.99. The van der Waals surface area contributed by atoms with Crippen molar-refractivity contribution in [1.29, 1.82) is 0 Å². The van der Waals surface area contributed by atoms with Crippen molar-refractivity contribution in [3.63, 3.8) is 0 Å². The lowest BCUT2D eigenvalue weighted by atomic mass is 9.86. The highest BCUT2D eigenvalue weighted by Gasteiger charge is 2.42. The van der Waals surface area contributed by atoms with E-state index in [9.17, 15) is 24.8 Å². The second kappa shape index (κ2) is 15.6. The van der Waals surface area contributed by atoms with Crippen molar-refractivity contribution < 1.29 is 29.1 Å². The van der Waals surface area contributed by atoms with Gasteiger partial charge in [0.2, 0.25) is 6.54 Å². The molecule has 0 spiro atoms. The Hall–Kier alpha value is -2.22. The molecule has 8 heteroatoms. The van der Waals surface area contributed by atoms with Crippen LogP contribution in [-0.4, -0.2) is 47.8 Å². The van der Waals surface area contributed by atoms with Crippen molar-refractivity contribution in [2.24, 2.45) is 17.8 Å². The molecule has 0 amide bonds. The summed E-state index contributed by atoms with van der Waals surface area (Å²) in [5.74, 6) is -1.41. The minimum Gasteiger partial charge on any atom is -0.466 e. The average molecular weight is 454 g/mol. The first kappa shape index (κ1) is 27.8. The van der Waals surface area contributed by atoms with Crippen LogP contribution in [0.5, 0.6) is 0 Å². The Morgan fingerprint density at radius 2 is 1.94 bits per heavy atom. The summed E-state index contributed by atoms with van der Waals surface area (Å²) < 4.78 is 9.64. The van der Waals surface area contributed by atoms with E-state index in [0.29, 0.717) is 25.7 Å². The highest BCUT2D eigenvalue weighted by Crippen LogP contribution is 2.41. The molecule has 1 aliphatic carbocycles. The fourth-order valence-corrected chi connectivity index (χ4v) is 4.37. The maximum absolute atomic E-state index is 11.7. The van der Waals surface area contributed by atoms with Crippen LogP contribution in [0.3, 0.4) is 0 Å². The van der Waals surface area contributed by atoms with Crippen molar-refractivity contribution in [3.05, 3.63) is 34.4 Å². The second-order valence-electron chi connectivity index (χ2n) is 8.50. The van der Waals surface area contributed by atoms with Crippen molar-refractivity contribution in [3.8, 4) is 0 Å². The van der Waals surface area contributed by atoms with Crippen molar-refractivity contribution in [1.82, 2.24) is 0 Å². The van der Waals surface area contributed by atoms with Gasteiger partial charge >= 0.3 is 11.9 Å². The first-order chi connectivity index (χ1) is 15.3. The molecule has 32 heavy (non-hydrogen) atoms. The fraction of sp³-hybridized carbons (Fsp3) is 0.750. The molecule has 8 nitrogen and oxygen atoms in total. The van der Waals surface area contributed by atoms with E-state index < -0.39 is 24.1 Å². The maximum Gasteiger partial charge on any atom is 0.347 e. The van der Waals surface area contributed by atoms with E-state index in [1.165, 1.54) is 33.3 Å². The normalized spacial score (nSPS) is 24.1. The minimum atomic E-state index is -0.938. The molecule has 0 radical (unpaired) electrons. The Bertz CT molecular complexity index is 646. The zero-order chi connectivity index (χ0) is 23.9. The topological polar surface area (TPSA) is 116 Å². The summed E-state index contributed by atoms with van der Waals surface area (Å²) in [5, 5.41) is 21.6. The molecule has 0 bridgehead atoms. The monoisotopic (exact) mass is 453 g/mol. The maximum atomic E-state index is 11.7. The number of methoxy groups -OCH3 is 1. The number of allylic oxidation sites excluding steroid dienone is 4. The molecule has 1 fully saturated rings. The molecule has 1 N–H and O–H groups in total. The highest BCUT2D eigenvalue weighted by molar-refractivity contribution is 5.78. The highest BCUT2D eigenvalue weighted by atomic mass is 16.6. The molecule has 1 unspecified atom stereocenters. The Labute approximate surface area is 191 Å². The van der Waals surface area contributed by atoms with Gasteiger partial charge < -0.3 is 14.6 Å². The van der Waals surface area contributed by atoms with Gasteiger partial charge in [0.1, 0.15) is 0 Å². The van der Waals surface area contributed by atoms with Gasteiger partial charge in [0.05, 0.1) is 13.2 Å². The van der Waals surface area contributed by atoms with Crippen LogP contribution in [0.4, 0.5) is 0 Å². The van der Waals surface area contributed by atoms with Crippen molar-refractivity contribution in [2.45, 2.75) is 83.8 Å². The molecule has 0 aromatic carbocycles. The third kappa shape index (κ3) is 10.4. The van der Waals surface area contributed by atoms with E-state index in [0.717, 1.165) is 12.8 Å². The Balaban J connectivity index is 2.66. The summed E-state index contributed by atoms with van der Waals surface area (Å²) in [7, 11) is 1.25. The fourth-order valence-electron chi connectivity index (χ4n) is 4.37. The number of hydrogen-bond acceptors (Lipinski definition) is 7.